The van der Waals surface area contributed by atoms with Gasteiger partial charge in [-0.15, -0.1) is 0 Å². The molecule has 1 heterocycles. The fourth-order valence-electron chi connectivity index (χ4n) is 3.40. The third-order valence-corrected chi connectivity index (χ3v) is 4.64. The maximum atomic E-state index is 5.40. The van der Waals surface area contributed by atoms with Crippen LogP contribution in [0, 0.1) is 0 Å². The number of hydrogen-bond acceptors (Lipinski definition) is 3. The molecule has 3 nitrogen and oxygen atoms in total. The van der Waals surface area contributed by atoms with E-state index in [1.807, 2.05) is 36.7 Å². The van der Waals surface area contributed by atoms with Gasteiger partial charge < -0.3 is 9.47 Å². The maximum absolute atomic E-state index is 5.40. The first kappa shape index (κ1) is 15.5. The Morgan fingerprint density at radius 1 is 0.840 bits per heavy atom. The molecular formula is C22H19NO2. The van der Waals surface area contributed by atoms with Gasteiger partial charge in [0.25, 0.3) is 0 Å². The standard InChI is InChI=1S/C22H19NO2/c1-24-18-7-5-15(6-8-18)22-20-10-9-19(25-2)12-17(20)13-21(22)16-4-3-11-23-14-16/h3-12,14H,13H2,1-2H3. The van der Waals surface area contributed by atoms with E-state index in [0.29, 0.717) is 0 Å². The monoisotopic (exact) mass is 329 g/mol. The number of rotatable bonds is 4. The highest BCUT2D eigenvalue weighted by Crippen LogP contribution is 2.43. The SMILES string of the molecule is COc1ccc(C2=C(c3cccnc3)Cc3cc(OC)ccc32)cc1. The van der Waals surface area contributed by atoms with E-state index in [9.17, 15) is 0 Å². The molecular weight excluding hydrogens is 310 g/mol. The molecule has 4 rings (SSSR count). The summed E-state index contributed by atoms with van der Waals surface area (Å²) in [6, 6.07) is 18.6. The molecule has 1 aromatic heterocycles. The van der Waals surface area contributed by atoms with Crippen molar-refractivity contribution in [2.24, 2.45) is 0 Å². The number of hydrogen-bond donors (Lipinski definition) is 0. The Morgan fingerprint density at radius 2 is 1.60 bits per heavy atom. The molecule has 0 saturated carbocycles. The zero-order valence-electron chi connectivity index (χ0n) is 14.3. The molecule has 124 valence electrons. The van der Waals surface area contributed by atoms with Gasteiger partial charge in [-0.1, -0.05) is 24.3 Å². The first-order chi connectivity index (χ1) is 12.3. The number of pyridine rings is 1. The Balaban J connectivity index is 1.89. The van der Waals surface area contributed by atoms with Crippen LogP contribution in [0.5, 0.6) is 11.5 Å². The largest absolute Gasteiger partial charge is 0.497 e. The van der Waals surface area contributed by atoms with Crippen LogP contribution in [-0.4, -0.2) is 19.2 Å². The van der Waals surface area contributed by atoms with Gasteiger partial charge in [0.2, 0.25) is 0 Å². The summed E-state index contributed by atoms with van der Waals surface area (Å²) in [4.78, 5) is 4.30. The quantitative estimate of drug-likeness (QED) is 0.700. The molecule has 0 amide bonds. The van der Waals surface area contributed by atoms with Crippen LogP contribution in [-0.2, 0) is 6.42 Å². The molecule has 1 aliphatic rings. The summed E-state index contributed by atoms with van der Waals surface area (Å²) < 4.78 is 10.7. The third kappa shape index (κ3) is 2.78. The second-order valence-electron chi connectivity index (χ2n) is 6.02. The van der Waals surface area contributed by atoms with Crippen molar-refractivity contribution in [3.8, 4) is 11.5 Å². The summed E-state index contributed by atoms with van der Waals surface area (Å²) in [6.07, 6.45) is 4.61. The fourth-order valence-corrected chi connectivity index (χ4v) is 3.40. The van der Waals surface area contributed by atoms with Crippen LogP contribution in [0.25, 0.3) is 11.1 Å². The lowest BCUT2D eigenvalue weighted by Gasteiger charge is -2.11. The predicted molar refractivity (Wildman–Crippen MR) is 99.8 cm³/mol. The smallest absolute Gasteiger partial charge is 0.119 e. The van der Waals surface area contributed by atoms with Crippen molar-refractivity contribution < 1.29 is 9.47 Å². The molecule has 3 aromatic rings. The summed E-state index contributed by atoms with van der Waals surface area (Å²) in [5.41, 5.74) is 7.43. The van der Waals surface area contributed by atoms with E-state index < -0.39 is 0 Å². The lowest BCUT2D eigenvalue weighted by Crippen LogP contribution is -1.91. The number of methoxy groups -OCH3 is 2. The summed E-state index contributed by atoms with van der Waals surface area (Å²) in [5.74, 6) is 1.75. The van der Waals surface area contributed by atoms with Crippen LogP contribution in [0.4, 0.5) is 0 Å². The summed E-state index contributed by atoms with van der Waals surface area (Å²) in [7, 11) is 3.39. The molecule has 2 aromatic carbocycles. The van der Waals surface area contributed by atoms with Crippen LogP contribution < -0.4 is 9.47 Å². The summed E-state index contributed by atoms with van der Waals surface area (Å²) in [5, 5.41) is 0. The van der Waals surface area contributed by atoms with Gasteiger partial charge in [0, 0.05) is 12.4 Å². The van der Waals surface area contributed by atoms with Crippen LogP contribution in [0.3, 0.4) is 0 Å². The molecule has 0 aliphatic heterocycles. The van der Waals surface area contributed by atoms with Gasteiger partial charge in [-0.2, -0.15) is 0 Å². The predicted octanol–water partition coefficient (Wildman–Crippen LogP) is 4.61. The van der Waals surface area contributed by atoms with Gasteiger partial charge >= 0.3 is 0 Å². The van der Waals surface area contributed by atoms with Gasteiger partial charge in [0.1, 0.15) is 11.5 Å². The third-order valence-electron chi connectivity index (χ3n) is 4.64. The average Bonchev–Trinajstić information content (AvgIpc) is 3.07. The van der Waals surface area contributed by atoms with Crippen LogP contribution >= 0.6 is 0 Å². The maximum Gasteiger partial charge on any atom is 0.119 e. The number of ether oxygens (including phenoxy) is 2. The number of nitrogens with zero attached hydrogens (tertiary/aromatic N) is 1. The topological polar surface area (TPSA) is 31.4 Å². The average molecular weight is 329 g/mol. The lowest BCUT2D eigenvalue weighted by atomic mass is 9.95. The number of aromatic nitrogens is 1. The van der Waals surface area contributed by atoms with Gasteiger partial charge in [0.05, 0.1) is 14.2 Å². The molecule has 0 saturated heterocycles. The second-order valence-corrected chi connectivity index (χ2v) is 6.02. The van der Waals surface area contributed by atoms with E-state index in [1.165, 1.54) is 27.8 Å². The van der Waals surface area contributed by atoms with Crippen LogP contribution in [0.2, 0.25) is 0 Å². The van der Waals surface area contributed by atoms with Crippen molar-refractivity contribution in [3.05, 3.63) is 89.2 Å². The Bertz CT molecular complexity index is 928. The van der Waals surface area contributed by atoms with Crippen molar-refractivity contribution in [1.82, 2.24) is 4.98 Å². The van der Waals surface area contributed by atoms with Crippen molar-refractivity contribution >= 4 is 11.1 Å². The fraction of sp³-hybridized carbons (Fsp3) is 0.136. The number of fused-ring (bicyclic) bond motifs is 1. The minimum absolute atomic E-state index is 0.861. The lowest BCUT2D eigenvalue weighted by molar-refractivity contribution is 0.414. The van der Waals surface area contributed by atoms with E-state index in [4.69, 9.17) is 9.47 Å². The van der Waals surface area contributed by atoms with E-state index >= 15 is 0 Å². The summed E-state index contributed by atoms with van der Waals surface area (Å²) >= 11 is 0. The Morgan fingerprint density at radius 3 is 2.28 bits per heavy atom. The first-order valence-corrected chi connectivity index (χ1v) is 8.25. The highest BCUT2D eigenvalue weighted by Gasteiger charge is 2.24. The number of allylic oxidation sites excluding steroid dienone is 1. The zero-order chi connectivity index (χ0) is 17.2. The van der Waals surface area contributed by atoms with E-state index in [1.54, 1.807) is 14.2 Å². The zero-order valence-corrected chi connectivity index (χ0v) is 14.3. The number of benzene rings is 2. The Kier molecular flexibility index (Phi) is 3.98. The second kappa shape index (κ2) is 6.44. The molecule has 25 heavy (non-hydrogen) atoms. The Labute approximate surface area is 147 Å². The van der Waals surface area contributed by atoms with Gasteiger partial charge in [-0.25, -0.2) is 0 Å². The van der Waals surface area contributed by atoms with Gasteiger partial charge in [0.15, 0.2) is 0 Å². The molecule has 0 unspecified atom stereocenters. The Hall–Kier alpha value is -3.07. The molecule has 3 heteroatoms. The van der Waals surface area contributed by atoms with Crippen molar-refractivity contribution in [2.75, 3.05) is 14.2 Å². The first-order valence-electron chi connectivity index (χ1n) is 8.25. The van der Waals surface area contributed by atoms with E-state index in [-0.39, 0.29) is 0 Å². The minimum Gasteiger partial charge on any atom is -0.497 e. The highest BCUT2D eigenvalue weighted by molar-refractivity contribution is 6.03. The molecule has 0 atom stereocenters. The molecule has 0 bridgehead atoms. The van der Waals surface area contributed by atoms with Crippen LogP contribution in [0.1, 0.15) is 22.3 Å². The van der Waals surface area contributed by atoms with Crippen molar-refractivity contribution in [3.63, 3.8) is 0 Å². The minimum atomic E-state index is 0.861. The van der Waals surface area contributed by atoms with E-state index in [0.717, 1.165) is 23.5 Å². The summed E-state index contributed by atoms with van der Waals surface area (Å²) in [6.45, 7) is 0. The van der Waals surface area contributed by atoms with Gasteiger partial charge in [-0.05, 0) is 70.2 Å². The van der Waals surface area contributed by atoms with Crippen molar-refractivity contribution in [2.45, 2.75) is 6.42 Å². The van der Waals surface area contributed by atoms with Gasteiger partial charge in [-0.3, -0.25) is 4.98 Å². The molecule has 0 spiro atoms. The molecule has 0 fully saturated rings. The molecule has 0 N–H and O–H groups in total. The molecule has 1 aliphatic carbocycles. The highest BCUT2D eigenvalue weighted by atomic mass is 16.5. The van der Waals surface area contributed by atoms with Crippen molar-refractivity contribution in [1.29, 1.82) is 0 Å². The molecule has 0 radical (unpaired) electrons. The van der Waals surface area contributed by atoms with Crippen LogP contribution in [0.15, 0.2) is 67.0 Å². The van der Waals surface area contributed by atoms with E-state index in [2.05, 4.69) is 35.3 Å². The normalized spacial score (nSPS) is 12.9.